The summed E-state index contributed by atoms with van der Waals surface area (Å²) in [5.41, 5.74) is 3.17. The SMILES string of the molecule is CC(=O)N1CCC(c2cc3nc(N4CCCC(COc5ccccc5)C4)cnc3n2C)CC1. The number of rotatable bonds is 5. The Morgan fingerprint density at radius 3 is 2.67 bits per heavy atom. The number of ether oxygens (including phenoxy) is 1. The molecule has 0 radical (unpaired) electrons. The summed E-state index contributed by atoms with van der Waals surface area (Å²) in [6, 6.07) is 12.3. The van der Waals surface area contributed by atoms with Gasteiger partial charge in [0.05, 0.1) is 12.8 Å². The minimum absolute atomic E-state index is 0.174. The number of amides is 1. The molecule has 4 heterocycles. The normalized spacial score (nSPS) is 19.8. The Hall–Kier alpha value is -3.09. The number of aromatic nitrogens is 3. The molecule has 174 valence electrons. The van der Waals surface area contributed by atoms with Gasteiger partial charge in [0.1, 0.15) is 17.1 Å². The number of hydrogen-bond donors (Lipinski definition) is 0. The van der Waals surface area contributed by atoms with E-state index in [1.165, 1.54) is 12.1 Å². The molecule has 3 aromatic rings. The first-order valence-corrected chi connectivity index (χ1v) is 12.1. The first kappa shape index (κ1) is 21.7. The average molecular weight is 448 g/mol. The zero-order chi connectivity index (χ0) is 22.8. The number of likely N-dealkylation sites (tertiary alicyclic amines) is 1. The van der Waals surface area contributed by atoms with Crippen LogP contribution in [0, 0.1) is 5.92 Å². The van der Waals surface area contributed by atoms with E-state index >= 15 is 0 Å². The largest absolute Gasteiger partial charge is 0.493 e. The molecule has 7 heteroatoms. The van der Waals surface area contributed by atoms with Crippen molar-refractivity contribution in [3.05, 3.63) is 48.3 Å². The Morgan fingerprint density at radius 2 is 1.91 bits per heavy atom. The summed E-state index contributed by atoms with van der Waals surface area (Å²) in [6.07, 6.45) is 6.22. The lowest BCUT2D eigenvalue weighted by atomic mass is 9.93. The number of benzene rings is 1. The molecule has 33 heavy (non-hydrogen) atoms. The second-order valence-electron chi connectivity index (χ2n) is 9.42. The highest BCUT2D eigenvalue weighted by atomic mass is 16.5. The average Bonchev–Trinajstić information content (AvgIpc) is 3.19. The highest BCUT2D eigenvalue weighted by Gasteiger charge is 2.26. The number of anilines is 1. The van der Waals surface area contributed by atoms with Gasteiger partial charge in [0.15, 0.2) is 5.65 Å². The van der Waals surface area contributed by atoms with E-state index in [9.17, 15) is 4.79 Å². The van der Waals surface area contributed by atoms with Gasteiger partial charge in [0, 0.05) is 57.7 Å². The van der Waals surface area contributed by atoms with Crippen LogP contribution in [0.5, 0.6) is 5.75 Å². The first-order chi connectivity index (χ1) is 16.1. The third kappa shape index (κ3) is 4.68. The molecule has 1 amide bonds. The molecule has 1 atom stereocenters. The van der Waals surface area contributed by atoms with E-state index in [2.05, 4.69) is 22.6 Å². The fourth-order valence-electron chi connectivity index (χ4n) is 5.28. The van der Waals surface area contributed by atoms with Gasteiger partial charge in [0.25, 0.3) is 0 Å². The quantitative estimate of drug-likeness (QED) is 0.592. The van der Waals surface area contributed by atoms with Crippen molar-refractivity contribution in [3.8, 4) is 5.75 Å². The minimum Gasteiger partial charge on any atom is -0.493 e. The zero-order valence-electron chi connectivity index (χ0n) is 19.6. The van der Waals surface area contributed by atoms with Crippen molar-refractivity contribution >= 4 is 22.9 Å². The number of nitrogens with zero attached hydrogens (tertiary/aromatic N) is 5. The number of carbonyl (C=O) groups is 1. The maximum absolute atomic E-state index is 11.7. The van der Waals surface area contributed by atoms with E-state index in [4.69, 9.17) is 14.7 Å². The van der Waals surface area contributed by atoms with Crippen molar-refractivity contribution in [1.82, 2.24) is 19.4 Å². The Labute approximate surface area is 195 Å². The van der Waals surface area contributed by atoms with Gasteiger partial charge in [-0.15, -0.1) is 0 Å². The van der Waals surface area contributed by atoms with E-state index < -0.39 is 0 Å². The van der Waals surface area contributed by atoms with Gasteiger partial charge in [-0.2, -0.15) is 0 Å². The summed E-state index contributed by atoms with van der Waals surface area (Å²) in [7, 11) is 2.08. The van der Waals surface area contributed by atoms with Gasteiger partial charge < -0.3 is 19.1 Å². The summed E-state index contributed by atoms with van der Waals surface area (Å²) in [4.78, 5) is 25.8. The van der Waals surface area contributed by atoms with E-state index in [1.807, 2.05) is 41.4 Å². The predicted molar refractivity (Wildman–Crippen MR) is 130 cm³/mol. The van der Waals surface area contributed by atoms with Crippen LogP contribution in [0.4, 0.5) is 5.82 Å². The maximum atomic E-state index is 11.7. The molecule has 2 fully saturated rings. The highest BCUT2D eigenvalue weighted by Crippen LogP contribution is 2.32. The molecular weight excluding hydrogens is 414 g/mol. The fourth-order valence-corrected chi connectivity index (χ4v) is 5.28. The Kier molecular flexibility index (Phi) is 6.20. The van der Waals surface area contributed by atoms with Gasteiger partial charge in [0.2, 0.25) is 5.91 Å². The molecule has 2 saturated heterocycles. The molecule has 5 rings (SSSR count). The minimum atomic E-state index is 0.174. The van der Waals surface area contributed by atoms with Gasteiger partial charge in [-0.25, -0.2) is 9.97 Å². The molecule has 2 aromatic heterocycles. The topological polar surface area (TPSA) is 63.5 Å². The van der Waals surface area contributed by atoms with Crippen LogP contribution in [-0.4, -0.2) is 58.1 Å². The Bertz CT molecular complexity index is 1100. The number of para-hydroxylation sites is 1. The van der Waals surface area contributed by atoms with Gasteiger partial charge in [-0.3, -0.25) is 4.79 Å². The van der Waals surface area contributed by atoms with Crippen molar-refractivity contribution in [3.63, 3.8) is 0 Å². The standard InChI is InChI=1S/C26H33N5O2/c1-19(32)30-13-10-21(11-14-30)24-15-23-26(29(24)2)27-16-25(28-23)31-12-6-7-20(17-31)18-33-22-8-4-3-5-9-22/h3-5,8-9,15-16,20-21H,6-7,10-14,17-18H2,1-2H3. The predicted octanol–water partition coefficient (Wildman–Crippen LogP) is 3.99. The summed E-state index contributed by atoms with van der Waals surface area (Å²) in [5.74, 6) is 2.98. The number of fused-ring (bicyclic) bond motifs is 1. The van der Waals surface area contributed by atoms with Crippen molar-refractivity contribution < 1.29 is 9.53 Å². The van der Waals surface area contributed by atoms with Crippen LogP contribution < -0.4 is 9.64 Å². The number of carbonyl (C=O) groups excluding carboxylic acids is 1. The lowest BCUT2D eigenvalue weighted by molar-refractivity contribution is -0.129. The van der Waals surface area contributed by atoms with Crippen molar-refractivity contribution in [1.29, 1.82) is 0 Å². The molecule has 7 nitrogen and oxygen atoms in total. The van der Waals surface area contributed by atoms with Crippen molar-refractivity contribution in [2.45, 2.75) is 38.5 Å². The highest BCUT2D eigenvalue weighted by molar-refractivity contribution is 5.75. The van der Waals surface area contributed by atoms with Crippen LogP contribution in [0.2, 0.25) is 0 Å². The summed E-state index contributed by atoms with van der Waals surface area (Å²) >= 11 is 0. The third-order valence-electron chi connectivity index (χ3n) is 7.19. The number of hydrogen-bond acceptors (Lipinski definition) is 5. The molecule has 2 aliphatic rings. The van der Waals surface area contributed by atoms with Crippen LogP contribution >= 0.6 is 0 Å². The van der Waals surface area contributed by atoms with E-state index in [0.29, 0.717) is 11.8 Å². The molecule has 0 spiro atoms. The third-order valence-corrected chi connectivity index (χ3v) is 7.19. The van der Waals surface area contributed by atoms with Gasteiger partial charge >= 0.3 is 0 Å². The summed E-state index contributed by atoms with van der Waals surface area (Å²) < 4.78 is 8.21. The zero-order valence-corrected chi connectivity index (χ0v) is 19.6. The van der Waals surface area contributed by atoms with E-state index in [1.54, 1.807) is 6.92 Å². The van der Waals surface area contributed by atoms with Crippen LogP contribution in [-0.2, 0) is 11.8 Å². The lowest BCUT2D eigenvalue weighted by Crippen LogP contribution is -2.38. The molecular formula is C26H33N5O2. The monoisotopic (exact) mass is 447 g/mol. The van der Waals surface area contributed by atoms with Crippen molar-refractivity contribution in [2.24, 2.45) is 13.0 Å². The smallest absolute Gasteiger partial charge is 0.219 e. The Morgan fingerprint density at radius 1 is 1.12 bits per heavy atom. The van der Waals surface area contributed by atoms with Crippen LogP contribution in [0.25, 0.3) is 11.2 Å². The van der Waals surface area contributed by atoms with E-state index in [0.717, 1.165) is 74.8 Å². The molecule has 0 N–H and O–H groups in total. The maximum Gasteiger partial charge on any atom is 0.219 e. The molecule has 0 aliphatic carbocycles. The van der Waals surface area contributed by atoms with Crippen LogP contribution in [0.3, 0.4) is 0 Å². The second kappa shape index (κ2) is 9.41. The molecule has 1 aromatic carbocycles. The molecule has 0 bridgehead atoms. The Balaban J connectivity index is 1.27. The van der Waals surface area contributed by atoms with E-state index in [-0.39, 0.29) is 5.91 Å². The number of piperidine rings is 2. The van der Waals surface area contributed by atoms with Crippen LogP contribution in [0.1, 0.15) is 44.2 Å². The number of aryl methyl sites for hydroxylation is 1. The molecule has 2 aliphatic heterocycles. The molecule has 0 saturated carbocycles. The van der Waals surface area contributed by atoms with Gasteiger partial charge in [-0.1, -0.05) is 18.2 Å². The molecule has 1 unspecified atom stereocenters. The summed E-state index contributed by atoms with van der Waals surface area (Å²) in [6.45, 7) is 5.99. The van der Waals surface area contributed by atoms with Crippen LogP contribution in [0.15, 0.2) is 42.6 Å². The summed E-state index contributed by atoms with van der Waals surface area (Å²) in [5, 5.41) is 0. The first-order valence-electron chi connectivity index (χ1n) is 12.1. The lowest BCUT2D eigenvalue weighted by Gasteiger charge is -2.33. The second-order valence-corrected chi connectivity index (χ2v) is 9.42. The van der Waals surface area contributed by atoms with Gasteiger partial charge in [-0.05, 0) is 43.9 Å². The fraction of sp³-hybridized carbons (Fsp3) is 0.500. The van der Waals surface area contributed by atoms with Crippen molar-refractivity contribution in [2.75, 3.05) is 37.7 Å².